The van der Waals surface area contributed by atoms with Crippen molar-refractivity contribution in [3.05, 3.63) is 40.2 Å². The van der Waals surface area contributed by atoms with Crippen molar-refractivity contribution >= 4 is 17.3 Å². The van der Waals surface area contributed by atoms with E-state index in [1.165, 1.54) is 25.1 Å². The lowest BCUT2D eigenvalue weighted by Gasteiger charge is -2.13. The molecule has 1 aromatic carbocycles. The number of ether oxygens (including phenoxy) is 2. The Morgan fingerprint density at radius 1 is 1.42 bits per heavy atom. The van der Waals surface area contributed by atoms with E-state index < -0.39 is 17.4 Å². The summed E-state index contributed by atoms with van der Waals surface area (Å²) >= 11 is 0. The van der Waals surface area contributed by atoms with Crippen molar-refractivity contribution < 1.29 is 28.0 Å². The molecular weight excluding hydrogens is 354 g/mol. The zero-order chi connectivity index (χ0) is 19.3. The smallest absolute Gasteiger partial charge is 0.387 e. The van der Waals surface area contributed by atoms with Crippen molar-refractivity contribution in [3.8, 4) is 11.5 Å². The molecule has 0 fully saturated rings. The number of halogens is 2. The lowest BCUT2D eigenvalue weighted by Crippen LogP contribution is -2.19. The van der Waals surface area contributed by atoms with Crippen LogP contribution in [0.15, 0.2) is 24.4 Å². The summed E-state index contributed by atoms with van der Waals surface area (Å²) in [4.78, 5) is 22.3. The van der Waals surface area contributed by atoms with E-state index in [1.807, 2.05) is 0 Å². The van der Waals surface area contributed by atoms with Gasteiger partial charge in [-0.2, -0.15) is 13.9 Å². The van der Waals surface area contributed by atoms with E-state index in [0.717, 1.165) is 10.9 Å². The van der Waals surface area contributed by atoms with Crippen LogP contribution < -0.4 is 14.8 Å². The molecule has 0 aliphatic rings. The van der Waals surface area contributed by atoms with Crippen LogP contribution in [0.3, 0.4) is 0 Å². The number of aromatic nitrogens is 2. The van der Waals surface area contributed by atoms with Crippen LogP contribution in [0.5, 0.6) is 11.5 Å². The molecule has 0 spiro atoms. The maximum atomic E-state index is 12.4. The fraction of sp³-hybridized carbons (Fsp3) is 0.333. The van der Waals surface area contributed by atoms with Crippen molar-refractivity contribution in [2.24, 2.45) is 0 Å². The van der Waals surface area contributed by atoms with Gasteiger partial charge < -0.3 is 14.8 Å². The number of nitro groups is 1. The molecule has 1 amide bonds. The van der Waals surface area contributed by atoms with Crippen molar-refractivity contribution in [2.45, 2.75) is 27.0 Å². The second-order valence-electron chi connectivity index (χ2n) is 5.08. The highest BCUT2D eigenvalue weighted by atomic mass is 19.3. The molecule has 2 aromatic rings. The van der Waals surface area contributed by atoms with Gasteiger partial charge in [-0.25, -0.2) is 0 Å². The SMILES string of the molecule is CCOc1cc(NC(=O)Cn2cc([N+](=O)[O-])c(C)n2)ccc1OC(F)F. The molecule has 2 rings (SSSR count). The Morgan fingerprint density at radius 2 is 2.15 bits per heavy atom. The molecule has 140 valence electrons. The molecule has 0 atom stereocenters. The zero-order valence-corrected chi connectivity index (χ0v) is 13.9. The minimum Gasteiger partial charge on any atom is -0.490 e. The van der Waals surface area contributed by atoms with Gasteiger partial charge in [0.05, 0.1) is 11.5 Å². The summed E-state index contributed by atoms with van der Waals surface area (Å²) in [7, 11) is 0. The normalized spacial score (nSPS) is 10.7. The summed E-state index contributed by atoms with van der Waals surface area (Å²) in [5.74, 6) is -0.610. The molecule has 0 aliphatic heterocycles. The van der Waals surface area contributed by atoms with Gasteiger partial charge in [0.25, 0.3) is 0 Å². The van der Waals surface area contributed by atoms with Crippen LogP contribution >= 0.6 is 0 Å². The van der Waals surface area contributed by atoms with Crippen molar-refractivity contribution in [2.75, 3.05) is 11.9 Å². The first kappa shape index (κ1) is 19.1. The monoisotopic (exact) mass is 370 g/mol. The van der Waals surface area contributed by atoms with Gasteiger partial charge in [-0.05, 0) is 26.0 Å². The highest BCUT2D eigenvalue weighted by molar-refractivity contribution is 5.90. The Labute approximate surface area is 146 Å². The number of nitrogens with zero attached hydrogens (tertiary/aromatic N) is 3. The summed E-state index contributed by atoms with van der Waals surface area (Å²) in [6.45, 7) is 0.0854. The van der Waals surface area contributed by atoms with Crippen LogP contribution in [0.4, 0.5) is 20.2 Å². The van der Waals surface area contributed by atoms with Gasteiger partial charge >= 0.3 is 12.3 Å². The standard InChI is InChI=1S/C15H16F2N4O5/c1-3-25-13-6-10(4-5-12(13)26-15(16)17)18-14(22)8-20-7-11(21(23)24)9(2)19-20/h4-7,15H,3,8H2,1-2H3,(H,18,22). The molecule has 0 unspecified atom stereocenters. The van der Waals surface area contributed by atoms with E-state index in [9.17, 15) is 23.7 Å². The predicted octanol–water partition coefficient (Wildman–Crippen LogP) is 2.74. The van der Waals surface area contributed by atoms with E-state index in [0.29, 0.717) is 5.69 Å². The maximum Gasteiger partial charge on any atom is 0.387 e. The summed E-state index contributed by atoms with van der Waals surface area (Å²) in [6, 6.07) is 3.96. The highest BCUT2D eigenvalue weighted by Gasteiger charge is 2.17. The van der Waals surface area contributed by atoms with Gasteiger partial charge in [0.15, 0.2) is 11.5 Å². The van der Waals surface area contributed by atoms with Gasteiger partial charge in [-0.3, -0.25) is 19.6 Å². The lowest BCUT2D eigenvalue weighted by molar-refractivity contribution is -0.385. The second kappa shape index (κ2) is 8.23. The van der Waals surface area contributed by atoms with Gasteiger partial charge in [0.1, 0.15) is 18.4 Å². The number of anilines is 1. The second-order valence-corrected chi connectivity index (χ2v) is 5.08. The molecule has 26 heavy (non-hydrogen) atoms. The van der Waals surface area contributed by atoms with Crippen LogP contribution in [0.1, 0.15) is 12.6 Å². The largest absolute Gasteiger partial charge is 0.490 e. The first-order valence-electron chi connectivity index (χ1n) is 7.50. The first-order chi connectivity index (χ1) is 12.3. The van der Waals surface area contributed by atoms with Crippen molar-refractivity contribution in [1.82, 2.24) is 9.78 Å². The molecule has 9 nitrogen and oxygen atoms in total. The molecule has 1 aromatic heterocycles. The molecule has 1 heterocycles. The Bertz CT molecular complexity index is 809. The van der Waals surface area contributed by atoms with Crippen molar-refractivity contribution in [1.29, 1.82) is 0 Å². The van der Waals surface area contributed by atoms with E-state index >= 15 is 0 Å². The third-order valence-corrected chi connectivity index (χ3v) is 3.17. The molecule has 0 aliphatic carbocycles. The zero-order valence-electron chi connectivity index (χ0n) is 13.9. The molecule has 0 bridgehead atoms. The lowest BCUT2D eigenvalue weighted by atomic mass is 10.2. The topological polar surface area (TPSA) is 109 Å². The number of amides is 1. The van der Waals surface area contributed by atoms with Crippen LogP contribution in [0.2, 0.25) is 0 Å². The molecular formula is C15H16F2N4O5. The van der Waals surface area contributed by atoms with Gasteiger partial charge in [-0.15, -0.1) is 0 Å². The fourth-order valence-corrected chi connectivity index (χ4v) is 2.16. The fourth-order valence-electron chi connectivity index (χ4n) is 2.16. The Balaban J connectivity index is 2.09. The van der Waals surface area contributed by atoms with Crippen LogP contribution in [0.25, 0.3) is 0 Å². The molecule has 0 saturated heterocycles. The van der Waals surface area contributed by atoms with Gasteiger partial charge in [0, 0.05) is 11.8 Å². The summed E-state index contributed by atoms with van der Waals surface area (Å²) < 4.78 is 35.5. The van der Waals surface area contributed by atoms with Crippen molar-refractivity contribution in [3.63, 3.8) is 0 Å². The number of hydrogen-bond donors (Lipinski definition) is 1. The van der Waals surface area contributed by atoms with E-state index in [-0.39, 0.29) is 36.0 Å². The molecule has 0 saturated carbocycles. The maximum absolute atomic E-state index is 12.4. The minimum absolute atomic E-state index is 0.0520. The Morgan fingerprint density at radius 3 is 2.73 bits per heavy atom. The Hall–Kier alpha value is -3.24. The van der Waals surface area contributed by atoms with Crippen LogP contribution in [0, 0.1) is 17.0 Å². The highest BCUT2D eigenvalue weighted by Crippen LogP contribution is 2.31. The van der Waals surface area contributed by atoms with Gasteiger partial charge in [0.2, 0.25) is 5.91 Å². The van der Waals surface area contributed by atoms with Crippen LogP contribution in [-0.2, 0) is 11.3 Å². The summed E-state index contributed by atoms with van der Waals surface area (Å²) in [6.07, 6.45) is 1.15. The quantitative estimate of drug-likeness (QED) is 0.565. The van der Waals surface area contributed by atoms with Gasteiger partial charge in [-0.1, -0.05) is 0 Å². The Kier molecular flexibility index (Phi) is 6.04. The number of alkyl halides is 2. The molecule has 0 radical (unpaired) electrons. The molecule has 1 N–H and O–H groups in total. The number of carbonyl (C=O) groups is 1. The first-order valence-corrected chi connectivity index (χ1v) is 7.50. The number of hydrogen-bond acceptors (Lipinski definition) is 6. The van der Waals surface area contributed by atoms with Crippen LogP contribution in [-0.4, -0.2) is 33.8 Å². The third-order valence-electron chi connectivity index (χ3n) is 3.17. The summed E-state index contributed by atoms with van der Waals surface area (Å²) in [5.41, 5.74) is 0.290. The molecule has 11 heteroatoms. The van der Waals surface area contributed by atoms with E-state index in [2.05, 4.69) is 15.2 Å². The average Bonchev–Trinajstić information content (AvgIpc) is 2.90. The number of carbonyl (C=O) groups excluding carboxylic acids is 1. The number of aryl methyl sites for hydroxylation is 1. The number of rotatable bonds is 8. The number of benzene rings is 1. The average molecular weight is 370 g/mol. The minimum atomic E-state index is -3.01. The third kappa shape index (κ3) is 4.88. The van der Waals surface area contributed by atoms with E-state index in [1.54, 1.807) is 6.92 Å². The summed E-state index contributed by atoms with van der Waals surface area (Å²) in [5, 5.41) is 17.2. The number of nitrogens with one attached hydrogen (secondary N) is 1. The van der Waals surface area contributed by atoms with E-state index in [4.69, 9.17) is 4.74 Å². The predicted molar refractivity (Wildman–Crippen MR) is 86.5 cm³/mol.